The van der Waals surface area contributed by atoms with E-state index in [4.69, 9.17) is 0 Å². The molecule has 2 rings (SSSR count). The van der Waals surface area contributed by atoms with Gasteiger partial charge in [-0.2, -0.15) is 0 Å². The predicted octanol–water partition coefficient (Wildman–Crippen LogP) is 2.84. The van der Waals surface area contributed by atoms with Gasteiger partial charge >= 0.3 is 0 Å². The van der Waals surface area contributed by atoms with E-state index in [0.29, 0.717) is 18.4 Å². The molecule has 22 heavy (non-hydrogen) atoms. The van der Waals surface area contributed by atoms with Gasteiger partial charge in [-0.15, -0.1) is 0 Å². The molecule has 1 aliphatic heterocycles. The smallest absolute Gasteiger partial charge is 0.238 e. The van der Waals surface area contributed by atoms with Crippen molar-refractivity contribution in [1.29, 1.82) is 0 Å². The first-order chi connectivity index (χ1) is 10.5. The Morgan fingerprint density at radius 2 is 1.82 bits per heavy atom. The maximum Gasteiger partial charge on any atom is 0.238 e. The third-order valence-electron chi connectivity index (χ3n) is 4.54. The second-order valence-electron chi connectivity index (χ2n) is 6.68. The summed E-state index contributed by atoms with van der Waals surface area (Å²) in [6, 6.07) is 8.06. The minimum absolute atomic E-state index is 0.0350. The number of anilines is 1. The molecule has 122 valence electrons. The number of likely N-dealkylation sites (tertiary alicyclic amines) is 1. The van der Waals surface area contributed by atoms with Gasteiger partial charge < -0.3 is 10.4 Å². The van der Waals surface area contributed by atoms with Crippen LogP contribution in [0.15, 0.2) is 24.3 Å². The zero-order chi connectivity index (χ0) is 16.1. The third kappa shape index (κ3) is 4.82. The summed E-state index contributed by atoms with van der Waals surface area (Å²) in [5, 5.41) is 12.6. The summed E-state index contributed by atoms with van der Waals surface area (Å²) in [6.45, 7) is 8.37. The topological polar surface area (TPSA) is 52.6 Å². The van der Waals surface area contributed by atoms with Gasteiger partial charge in [-0.3, -0.25) is 9.69 Å². The highest BCUT2D eigenvalue weighted by Crippen LogP contribution is 2.20. The SMILES string of the molecule is CC(C)c1ccc(NC(=O)CN2CCC(C(C)O)CC2)cc1. The van der Waals surface area contributed by atoms with Crippen LogP contribution in [0.5, 0.6) is 0 Å². The maximum atomic E-state index is 12.1. The van der Waals surface area contributed by atoms with Gasteiger partial charge in [0.2, 0.25) is 5.91 Å². The Labute approximate surface area is 133 Å². The van der Waals surface area contributed by atoms with Gasteiger partial charge in [-0.05, 0) is 62.4 Å². The predicted molar refractivity (Wildman–Crippen MR) is 90.0 cm³/mol. The molecule has 1 aromatic carbocycles. The zero-order valence-electron chi connectivity index (χ0n) is 13.9. The van der Waals surface area contributed by atoms with Crippen molar-refractivity contribution in [3.05, 3.63) is 29.8 Å². The quantitative estimate of drug-likeness (QED) is 0.879. The first-order valence-corrected chi connectivity index (χ1v) is 8.26. The van der Waals surface area contributed by atoms with E-state index in [1.165, 1.54) is 5.56 Å². The molecule has 1 aromatic rings. The van der Waals surface area contributed by atoms with Crippen molar-refractivity contribution in [2.75, 3.05) is 25.0 Å². The molecule has 0 spiro atoms. The number of benzene rings is 1. The average molecular weight is 304 g/mol. The number of nitrogens with zero attached hydrogens (tertiary/aromatic N) is 1. The van der Waals surface area contributed by atoms with E-state index in [9.17, 15) is 9.90 Å². The van der Waals surface area contributed by atoms with Crippen molar-refractivity contribution < 1.29 is 9.90 Å². The van der Waals surface area contributed by atoms with Crippen LogP contribution < -0.4 is 5.32 Å². The Kier molecular flexibility index (Phi) is 5.98. The molecule has 0 bridgehead atoms. The summed E-state index contributed by atoms with van der Waals surface area (Å²) >= 11 is 0. The van der Waals surface area contributed by atoms with Gasteiger partial charge in [0.25, 0.3) is 0 Å². The fourth-order valence-electron chi connectivity index (χ4n) is 2.95. The van der Waals surface area contributed by atoms with Crippen molar-refractivity contribution in [2.45, 2.75) is 45.6 Å². The molecule has 4 nitrogen and oxygen atoms in total. The van der Waals surface area contributed by atoms with Gasteiger partial charge in [-0.1, -0.05) is 26.0 Å². The average Bonchev–Trinajstić information content (AvgIpc) is 2.48. The van der Waals surface area contributed by atoms with E-state index in [1.807, 2.05) is 19.1 Å². The fraction of sp³-hybridized carbons (Fsp3) is 0.611. The van der Waals surface area contributed by atoms with E-state index in [2.05, 4.69) is 36.2 Å². The summed E-state index contributed by atoms with van der Waals surface area (Å²) in [6.07, 6.45) is 1.69. The molecule has 1 heterocycles. The number of hydrogen-bond acceptors (Lipinski definition) is 3. The molecule has 1 unspecified atom stereocenters. The molecule has 4 heteroatoms. The van der Waals surface area contributed by atoms with Gasteiger partial charge in [-0.25, -0.2) is 0 Å². The van der Waals surface area contributed by atoms with E-state index >= 15 is 0 Å². The molecule has 1 amide bonds. The molecule has 0 aliphatic carbocycles. The third-order valence-corrected chi connectivity index (χ3v) is 4.54. The normalized spacial score (nSPS) is 18.4. The van der Waals surface area contributed by atoms with Crippen molar-refractivity contribution in [3.63, 3.8) is 0 Å². The van der Waals surface area contributed by atoms with Crippen LogP contribution in [0.2, 0.25) is 0 Å². The molecule has 0 saturated carbocycles. The van der Waals surface area contributed by atoms with Crippen molar-refractivity contribution in [3.8, 4) is 0 Å². The zero-order valence-corrected chi connectivity index (χ0v) is 13.9. The Morgan fingerprint density at radius 1 is 1.23 bits per heavy atom. The van der Waals surface area contributed by atoms with Crippen LogP contribution >= 0.6 is 0 Å². The lowest BCUT2D eigenvalue weighted by atomic mass is 9.92. The second-order valence-corrected chi connectivity index (χ2v) is 6.68. The summed E-state index contributed by atoms with van der Waals surface area (Å²) in [5.41, 5.74) is 2.13. The molecule has 1 fully saturated rings. The van der Waals surface area contributed by atoms with Crippen LogP contribution in [0.3, 0.4) is 0 Å². The molecule has 1 aliphatic rings. The van der Waals surface area contributed by atoms with Crippen LogP contribution in [0, 0.1) is 5.92 Å². The Hall–Kier alpha value is -1.39. The lowest BCUT2D eigenvalue weighted by molar-refractivity contribution is -0.117. The minimum atomic E-state index is -0.240. The number of nitrogens with one attached hydrogen (secondary N) is 1. The first kappa shape index (κ1) is 17.0. The van der Waals surface area contributed by atoms with E-state index in [0.717, 1.165) is 31.6 Å². The Bertz CT molecular complexity index is 474. The van der Waals surface area contributed by atoms with Crippen LogP contribution in [-0.4, -0.2) is 41.7 Å². The van der Waals surface area contributed by atoms with Crippen molar-refractivity contribution in [1.82, 2.24) is 4.90 Å². The van der Waals surface area contributed by atoms with Gasteiger partial charge in [0.05, 0.1) is 12.6 Å². The number of amides is 1. The summed E-state index contributed by atoms with van der Waals surface area (Å²) < 4.78 is 0. The van der Waals surface area contributed by atoms with Crippen LogP contribution in [0.4, 0.5) is 5.69 Å². The molecule has 0 aromatic heterocycles. The summed E-state index contributed by atoms with van der Waals surface area (Å²) in [7, 11) is 0. The number of hydrogen-bond donors (Lipinski definition) is 2. The number of piperidine rings is 1. The maximum absolute atomic E-state index is 12.1. The lowest BCUT2D eigenvalue weighted by Crippen LogP contribution is -2.41. The standard InChI is InChI=1S/C18H28N2O2/c1-13(2)15-4-6-17(7-5-15)19-18(22)12-20-10-8-16(9-11-20)14(3)21/h4-7,13-14,16,21H,8-12H2,1-3H3,(H,19,22). The van der Waals surface area contributed by atoms with E-state index in [1.54, 1.807) is 0 Å². The summed E-state index contributed by atoms with van der Waals surface area (Å²) in [4.78, 5) is 14.3. The molecular weight excluding hydrogens is 276 g/mol. The fourth-order valence-corrected chi connectivity index (χ4v) is 2.95. The molecule has 1 atom stereocenters. The van der Waals surface area contributed by atoms with Gasteiger partial charge in [0, 0.05) is 5.69 Å². The minimum Gasteiger partial charge on any atom is -0.393 e. The Morgan fingerprint density at radius 3 is 2.32 bits per heavy atom. The van der Waals surface area contributed by atoms with E-state index in [-0.39, 0.29) is 12.0 Å². The number of aliphatic hydroxyl groups is 1. The highest BCUT2D eigenvalue weighted by atomic mass is 16.3. The highest BCUT2D eigenvalue weighted by Gasteiger charge is 2.23. The number of aliphatic hydroxyl groups excluding tert-OH is 1. The molecule has 1 saturated heterocycles. The van der Waals surface area contributed by atoms with Gasteiger partial charge in [0.1, 0.15) is 0 Å². The second kappa shape index (κ2) is 7.75. The molecular formula is C18H28N2O2. The first-order valence-electron chi connectivity index (χ1n) is 8.26. The number of carbonyl (C=O) groups is 1. The van der Waals surface area contributed by atoms with Gasteiger partial charge in [0.15, 0.2) is 0 Å². The van der Waals surface area contributed by atoms with Crippen LogP contribution in [0.1, 0.15) is 45.1 Å². The van der Waals surface area contributed by atoms with Crippen molar-refractivity contribution >= 4 is 11.6 Å². The van der Waals surface area contributed by atoms with Crippen LogP contribution in [-0.2, 0) is 4.79 Å². The Balaban J connectivity index is 1.78. The van der Waals surface area contributed by atoms with Crippen molar-refractivity contribution in [2.24, 2.45) is 5.92 Å². The molecule has 0 radical (unpaired) electrons. The number of rotatable bonds is 5. The largest absolute Gasteiger partial charge is 0.393 e. The monoisotopic (exact) mass is 304 g/mol. The lowest BCUT2D eigenvalue weighted by Gasteiger charge is -2.32. The van der Waals surface area contributed by atoms with E-state index < -0.39 is 0 Å². The molecule has 2 N–H and O–H groups in total. The number of carbonyl (C=O) groups excluding carboxylic acids is 1. The summed E-state index contributed by atoms with van der Waals surface area (Å²) in [5.74, 6) is 0.913. The highest BCUT2D eigenvalue weighted by molar-refractivity contribution is 5.92. The van der Waals surface area contributed by atoms with Crippen LogP contribution in [0.25, 0.3) is 0 Å².